The highest BCUT2D eigenvalue weighted by Gasteiger charge is 2.19. The first kappa shape index (κ1) is 17.5. The number of unbranched alkanes of at least 4 members (excludes halogenated alkanes) is 1. The van der Waals surface area contributed by atoms with Gasteiger partial charge in [-0.25, -0.2) is 9.78 Å². The fourth-order valence-electron chi connectivity index (χ4n) is 2.46. The molecule has 0 fully saturated rings. The van der Waals surface area contributed by atoms with Crippen molar-refractivity contribution in [3.63, 3.8) is 0 Å². The second kappa shape index (κ2) is 8.14. The van der Waals surface area contributed by atoms with Crippen LogP contribution in [0.2, 0.25) is 0 Å². The van der Waals surface area contributed by atoms with E-state index in [0.717, 1.165) is 0 Å². The molecule has 24 heavy (non-hydrogen) atoms. The van der Waals surface area contributed by atoms with E-state index in [2.05, 4.69) is 9.72 Å². The summed E-state index contributed by atoms with van der Waals surface area (Å²) in [5, 5.41) is 9.42. The Kier molecular flexibility index (Phi) is 5.95. The monoisotopic (exact) mass is 332 g/mol. The molecule has 1 aromatic carbocycles. The van der Waals surface area contributed by atoms with Gasteiger partial charge in [0.05, 0.1) is 26.1 Å². The van der Waals surface area contributed by atoms with E-state index in [0.29, 0.717) is 42.9 Å². The van der Waals surface area contributed by atoms with Crippen LogP contribution in [0.5, 0.6) is 5.75 Å². The number of benzene rings is 1. The Balaban J connectivity index is 2.26. The maximum absolute atomic E-state index is 11.5. The summed E-state index contributed by atoms with van der Waals surface area (Å²) in [5.74, 6) is -0.140. The van der Waals surface area contributed by atoms with Crippen molar-refractivity contribution < 1.29 is 24.2 Å². The highest BCUT2D eigenvalue weighted by atomic mass is 16.5. The molecule has 2 aromatic rings. The number of esters is 1. The normalized spacial score (nSPS) is 10.4. The maximum atomic E-state index is 11.5. The molecule has 0 radical (unpaired) electrons. The average molecular weight is 332 g/mol. The summed E-state index contributed by atoms with van der Waals surface area (Å²) >= 11 is 0. The number of rotatable bonds is 8. The number of carboxylic acid groups (broad SMARTS) is 1. The van der Waals surface area contributed by atoms with Crippen LogP contribution in [-0.4, -0.2) is 40.8 Å². The lowest BCUT2D eigenvalue weighted by atomic mass is 10.2. The summed E-state index contributed by atoms with van der Waals surface area (Å²) < 4.78 is 11.5. The van der Waals surface area contributed by atoms with Gasteiger partial charge in [0.15, 0.2) is 5.69 Å². The Labute approximate surface area is 139 Å². The van der Waals surface area contributed by atoms with E-state index >= 15 is 0 Å². The third-order valence-corrected chi connectivity index (χ3v) is 3.64. The van der Waals surface area contributed by atoms with Crippen molar-refractivity contribution in [3.05, 3.63) is 42.0 Å². The lowest BCUT2D eigenvalue weighted by Gasteiger charge is -2.13. The van der Waals surface area contributed by atoms with Crippen molar-refractivity contribution >= 4 is 11.9 Å². The molecule has 1 aromatic heterocycles. The standard InChI is InChI=1S/C17H20N2O5/c1-23-14-8-4-3-7-12(14)19-13(17(21)22)11-18-15(19)9-5-6-10-16(20)24-2/h3-4,7-8,11H,5-6,9-10H2,1-2H3,(H,21,22). The Bertz CT molecular complexity index is 724. The summed E-state index contributed by atoms with van der Waals surface area (Å²) in [4.78, 5) is 26.9. The third-order valence-electron chi connectivity index (χ3n) is 3.64. The zero-order valence-corrected chi connectivity index (χ0v) is 13.7. The van der Waals surface area contributed by atoms with Crippen LogP contribution in [0.25, 0.3) is 5.69 Å². The second-order valence-electron chi connectivity index (χ2n) is 5.16. The zero-order valence-electron chi connectivity index (χ0n) is 13.7. The van der Waals surface area contributed by atoms with Gasteiger partial charge in [-0.1, -0.05) is 12.1 Å². The van der Waals surface area contributed by atoms with Crippen molar-refractivity contribution in [2.45, 2.75) is 25.7 Å². The van der Waals surface area contributed by atoms with Gasteiger partial charge < -0.3 is 14.6 Å². The molecule has 0 saturated heterocycles. The zero-order chi connectivity index (χ0) is 17.5. The SMILES string of the molecule is COC(=O)CCCCc1ncc(C(=O)O)n1-c1ccccc1OC. The number of methoxy groups -OCH3 is 2. The van der Waals surface area contributed by atoms with E-state index in [-0.39, 0.29) is 11.7 Å². The highest BCUT2D eigenvalue weighted by molar-refractivity contribution is 5.86. The molecule has 0 aliphatic carbocycles. The van der Waals surface area contributed by atoms with Gasteiger partial charge in [-0.3, -0.25) is 9.36 Å². The van der Waals surface area contributed by atoms with Gasteiger partial charge in [-0.15, -0.1) is 0 Å². The number of aromatic nitrogens is 2. The smallest absolute Gasteiger partial charge is 0.354 e. The lowest BCUT2D eigenvalue weighted by Crippen LogP contribution is -2.11. The van der Waals surface area contributed by atoms with Gasteiger partial charge in [-0.2, -0.15) is 0 Å². The molecule has 1 N–H and O–H groups in total. The summed E-state index contributed by atoms with van der Waals surface area (Å²) in [5.41, 5.74) is 0.695. The Hall–Kier alpha value is -2.83. The molecule has 0 spiro atoms. The molecule has 0 atom stereocenters. The number of aryl methyl sites for hydroxylation is 1. The molecule has 0 saturated carbocycles. The van der Waals surface area contributed by atoms with Crippen molar-refractivity contribution in [3.8, 4) is 11.4 Å². The molecule has 0 unspecified atom stereocenters. The highest BCUT2D eigenvalue weighted by Crippen LogP contribution is 2.26. The molecular weight excluding hydrogens is 312 g/mol. The average Bonchev–Trinajstić information content (AvgIpc) is 3.02. The van der Waals surface area contributed by atoms with E-state index < -0.39 is 5.97 Å². The lowest BCUT2D eigenvalue weighted by molar-refractivity contribution is -0.140. The summed E-state index contributed by atoms with van der Waals surface area (Å²) in [6, 6.07) is 7.17. The number of para-hydroxylation sites is 2. The first-order chi connectivity index (χ1) is 11.6. The fraction of sp³-hybridized carbons (Fsp3) is 0.353. The molecule has 1 heterocycles. The molecule has 7 nitrogen and oxygen atoms in total. The first-order valence-electron chi connectivity index (χ1n) is 7.58. The maximum Gasteiger partial charge on any atom is 0.354 e. The minimum atomic E-state index is -1.06. The van der Waals surface area contributed by atoms with Gasteiger partial charge in [0.1, 0.15) is 11.6 Å². The van der Waals surface area contributed by atoms with Crippen LogP contribution < -0.4 is 4.74 Å². The molecule has 128 valence electrons. The molecule has 0 bridgehead atoms. The fourth-order valence-corrected chi connectivity index (χ4v) is 2.46. The van der Waals surface area contributed by atoms with Crippen LogP contribution in [0.1, 0.15) is 35.6 Å². The van der Waals surface area contributed by atoms with E-state index in [9.17, 15) is 14.7 Å². The molecule has 0 aliphatic heterocycles. The number of aromatic carboxylic acids is 1. The third kappa shape index (κ3) is 3.92. The van der Waals surface area contributed by atoms with E-state index in [1.165, 1.54) is 20.4 Å². The number of carboxylic acids is 1. The summed E-state index contributed by atoms with van der Waals surface area (Å²) in [7, 11) is 2.89. The van der Waals surface area contributed by atoms with E-state index in [4.69, 9.17) is 4.74 Å². The number of carbonyl (C=O) groups excluding carboxylic acids is 1. The van der Waals surface area contributed by atoms with Gasteiger partial charge in [0.25, 0.3) is 0 Å². The van der Waals surface area contributed by atoms with Crippen molar-refractivity contribution in [1.82, 2.24) is 9.55 Å². The Morgan fingerprint density at radius 3 is 2.62 bits per heavy atom. The number of carbonyl (C=O) groups is 2. The number of imidazole rings is 1. The van der Waals surface area contributed by atoms with Gasteiger partial charge in [-0.05, 0) is 25.0 Å². The Morgan fingerprint density at radius 2 is 1.96 bits per heavy atom. The van der Waals surface area contributed by atoms with Crippen molar-refractivity contribution in [1.29, 1.82) is 0 Å². The van der Waals surface area contributed by atoms with Crippen molar-refractivity contribution in [2.24, 2.45) is 0 Å². The topological polar surface area (TPSA) is 90.6 Å². The predicted octanol–water partition coefficient (Wildman–Crippen LogP) is 2.46. The molecule has 0 aliphatic rings. The first-order valence-corrected chi connectivity index (χ1v) is 7.58. The number of hydrogen-bond acceptors (Lipinski definition) is 5. The van der Waals surface area contributed by atoms with E-state index in [1.807, 2.05) is 12.1 Å². The number of nitrogens with zero attached hydrogens (tertiary/aromatic N) is 2. The van der Waals surface area contributed by atoms with Gasteiger partial charge >= 0.3 is 11.9 Å². The Morgan fingerprint density at radius 1 is 1.21 bits per heavy atom. The predicted molar refractivity (Wildman–Crippen MR) is 86.6 cm³/mol. The van der Waals surface area contributed by atoms with Crippen LogP contribution in [0, 0.1) is 0 Å². The van der Waals surface area contributed by atoms with Crippen LogP contribution in [0.4, 0.5) is 0 Å². The quantitative estimate of drug-likeness (QED) is 0.590. The number of hydrogen-bond donors (Lipinski definition) is 1. The van der Waals surface area contributed by atoms with E-state index in [1.54, 1.807) is 16.7 Å². The van der Waals surface area contributed by atoms with Crippen LogP contribution in [-0.2, 0) is 16.0 Å². The summed E-state index contributed by atoms with van der Waals surface area (Å²) in [6.45, 7) is 0. The molecule has 2 rings (SSSR count). The number of ether oxygens (including phenoxy) is 2. The second-order valence-corrected chi connectivity index (χ2v) is 5.16. The minimum absolute atomic E-state index is 0.0717. The molecular formula is C17H20N2O5. The summed E-state index contributed by atoms with van der Waals surface area (Å²) in [6.07, 6.45) is 3.55. The van der Waals surface area contributed by atoms with Crippen LogP contribution in [0.15, 0.2) is 30.5 Å². The van der Waals surface area contributed by atoms with Gasteiger partial charge in [0, 0.05) is 12.8 Å². The molecule has 0 amide bonds. The minimum Gasteiger partial charge on any atom is -0.495 e. The van der Waals surface area contributed by atoms with Crippen LogP contribution >= 0.6 is 0 Å². The van der Waals surface area contributed by atoms with Crippen molar-refractivity contribution in [2.75, 3.05) is 14.2 Å². The largest absolute Gasteiger partial charge is 0.495 e. The van der Waals surface area contributed by atoms with Gasteiger partial charge in [0.2, 0.25) is 0 Å². The molecule has 7 heteroatoms. The van der Waals surface area contributed by atoms with Crippen LogP contribution in [0.3, 0.4) is 0 Å².